The maximum atomic E-state index is 11.8. The van der Waals surface area contributed by atoms with Crippen LogP contribution in [-0.4, -0.2) is 23.7 Å². The number of carbonyl (C=O) groups is 1. The van der Waals surface area contributed by atoms with Gasteiger partial charge in [0, 0.05) is 6.04 Å². The number of esters is 1. The van der Waals surface area contributed by atoms with Gasteiger partial charge in [0.2, 0.25) is 0 Å². The summed E-state index contributed by atoms with van der Waals surface area (Å²) in [6.07, 6.45) is 4.78. The lowest BCUT2D eigenvalue weighted by atomic mass is 10.0. The molecule has 2 aliphatic rings. The topological polar surface area (TPSA) is 38.3 Å². The van der Waals surface area contributed by atoms with Crippen molar-refractivity contribution in [3.05, 3.63) is 0 Å². The highest BCUT2D eigenvalue weighted by Gasteiger charge is 2.41. The van der Waals surface area contributed by atoms with Crippen LogP contribution in [0.5, 0.6) is 0 Å². The van der Waals surface area contributed by atoms with E-state index >= 15 is 0 Å². The molecule has 3 heteroatoms. The Bertz CT molecular complexity index is 245. The van der Waals surface area contributed by atoms with E-state index in [1.165, 1.54) is 19.3 Å². The first-order chi connectivity index (χ1) is 6.96. The predicted octanol–water partition coefficient (Wildman–Crippen LogP) is 1.86. The van der Waals surface area contributed by atoms with Gasteiger partial charge in [0.05, 0.1) is 0 Å². The van der Waals surface area contributed by atoms with E-state index in [4.69, 9.17) is 4.74 Å². The third kappa shape index (κ3) is 2.51. The quantitative estimate of drug-likeness (QED) is 0.673. The van der Waals surface area contributed by atoms with Gasteiger partial charge in [0.15, 0.2) is 0 Å². The number of rotatable bonds is 1. The van der Waals surface area contributed by atoms with Crippen molar-refractivity contribution in [1.82, 2.24) is 5.32 Å². The van der Waals surface area contributed by atoms with Crippen molar-refractivity contribution in [2.45, 2.75) is 64.1 Å². The standard InChI is InChI=1S/C12H21NO2/c1-12(2,3)15-11(14)10-7-8-5-4-6-9(8)13-10/h8-10,13H,4-7H2,1-3H3/t8-,9+,10-/m1/s1. The zero-order valence-corrected chi connectivity index (χ0v) is 9.88. The summed E-state index contributed by atoms with van der Waals surface area (Å²) < 4.78 is 5.39. The van der Waals surface area contributed by atoms with Gasteiger partial charge in [-0.15, -0.1) is 0 Å². The highest BCUT2D eigenvalue weighted by molar-refractivity contribution is 5.76. The molecule has 0 aromatic heterocycles. The van der Waals surface area contributed by atoms with E-state index in [0.717, 1.165) is 6.42 Å². The fraction of sp³-hybridized carbons (Fsp3) is 0.917. The molecule has 3 nitrogen and oxygen atoms in total. The number of ether oxygens (including phenoxy) is 1. The molecule has 1 N–H and O–H groups in total. The molecule has 1 saturated heterocycles. The molecule has 0 unspecified atom stereocenters. The van der Waals surface area contributed by atoms with Gasteiger partial charge in [-0.3, -0.25) is 4.79 Å². The lowest BCUT2D eigenvalue weighted by molar-refractivity contribution is -0.157. The van der Waals surface area contributed by atoms with E-state index in [2.05, 4.69) is 5.32 Å². The summed E-state index contributed by atoms with van der Waals surface area (Å²) in [5.74, 6) is 0.638. The van der Waals surface area contributed by atoms with E-state index in [1.807, 2.05) is 20.8 Å². The molecule has 2 rings (SSSR count). The van der Waals surface area contributed by atoms with Crippen LogP contribution in [0.2, 0.25) is 0 Å². The van der Waals surface area contributed by atoms with Gasteiger partial charge in [-0.05, 0) is 46.0 Å². The number of nitrogens with one attached hydrogen (secondary N) is 1. The maximum Gasteiger partial charge on any atom is 0.323 e. The minimum Gasteiger partial charge on any atom is -0.459 e. The molecule has 1 aliphatic heterocycles. The Morgan fingerprint density at radius 1 is 1.33 bits per heavy atom. The summed E-state index contributed by atoms with van der Waals surface area (Å²) in [4.78, 5) is 11.8. The van der Waals surface area contributed by atoms with Crippen LogP contribution in [0.4, 0.5) is 0 Å². The second-order valence-electron chi connectivity index (χ2n) is 5.79. The van der Waals surface area contributed by atoms with Crippen molar-refractivity contribution in [3.63, 3.8) is 0 Å². The van der Waals surface area contributed by atoms with Gasteiger partial charge in [0.25, 0.3) is 0 Å². The van der Waals surface area contributed by atoms with E-state index in [-0.39, 0.29) is 17.6 Å². The van der Waals surface area contributed by atoms with Gasteiger partial charge < -0.3 is 10.1 Å². The molecule has 3 atom stereocenters. The number of hydrogen-bond donors (Lipinski definition) is 1. The van der Waals surface area contributed by atoms with Crippen LogP contribution in [0.1, 0.15) is 46.5 Å². The van der Waals surface area contributed by atoms with Crippen LogP contribution < -0.4 is 5.32 Å². The van der Waals surface area contributed by atoms with Crippen molar-refractivity contribution >= 4 is 5.97 Å². The van der Waals surface area contributed by atoms with Crippen molar-refractivity contribution in [1.29, 1.82) is 0 Å². The highest BCUT2D eigenvalue weighted by atomic mass is 16.6. The van der Waals surface area contributed by atoms with Crippen molar-refractivity contribution in [2.75, 3.05) is 0 Å². The summed E-state index contributed by atoms with van der Waals surface area (Å²) in [5.41, 5.74) is -0.365. The lowest BCUT2D eigenvalue weighted by Gasteiger charge is -2.22. The number of fused-ring (bicyclic) bond motifs is 1. The normalized spacial score (nSPS) is 35.3. The molecule has 0 spiro atoms. The minimum absolute atomic E-state index is 0.0560. The van der Waals surface area contributed by atoms with Gasteiger partial charge in [-0.25, -0.2) is 0 Å². The van der Waals surface area contributed by atoms with Crippen molar-refractivity contribution in [3.8, 4) is 0 Å². The van der Waals surface area contributed by atoms with Crippen molar-refractivity contribution < 1.29 is 9.53 Å². The third-order valence-electron chi connectivity index (χ3n) is 3.30. The Hall–Kier alpha value is -0.570. The Balaban J connectivity index is 1.88. The van der Waals surface area contributed by atoms with Crippen molar-refractivity contribution in [2.24, 2.45) is 5.92 Å². The molecule has 1 heterocycles. The first kappa shape index (κ1) is 10.9. The fourth-order valence-electron chi connectivity index (χ4n) is 2.70. The molecule has 0 bridgehead atoms. The molecule has 1 saturated carbocycles. The fourth-order valence-corrected chi connectivity index (χ4v) is 2.70. The molecule has 0 aromatic carbocycles. The van der Waals surface area contributed by atoms with Gasteiger partial charge in [-0.2, -0.15) is 0 Å². The largest absolute Gasteiger partial charge is 0.459 e. The molecule has 2 fully saturated rings. The van der Waals surface area contributed by atoms with Crippen LogP contribution in [-0.2, 0) is 9.53 Å². The third-order valence-corrected chi connectivity index (χ3v) is 3.30. The zero-order valence-electron chi connectivity index (χ0n) is 9.88. The second-order valence-corrected chi connectivity index (χ2v) is 5.79. The molecule has 0 aromatic rings. The van der Waals surface area contributed by atoms with Crippen LogP contribution >= 0.6 is 0 Å². The Labute approximate surface area is 91.6 Å². The summed E-state index contributed by atoms with van der Waals surface area (Å²) in [5, 5.41) is 3.40. The summed E-state index contributed by atoms with van der Waals surface area (Å²) >= 11 is 0. The van der Waals surface area contributed by atoms with Crippen LogP contribution in [0, 0.1) is 5.92 Å². The van der Waals surface area contributed by atoms with E-state index in [1.54, 1.807) is 0 Å². The predicted molar refractivity (Wildman–Crippen MR) is 58.5 cm³/mol. The van der Waals surface area contributed by atoms with Gasteiger partial charge >= 0.3 is 5.97 Å². The van der Waals surface area contributed by atoms with E-state index in [0.29, 0.717) is 12.0 Å². The molecule has 86 valence electrons. The smallest absolute Gasteiger partial charge is 0.323 e. The average molecular weight is 211 g/mol. The molecular weight excluding hydrogens is 190 g/mol. The highest BCUT2D eigenvalue weighted by Crippen LogP contribution is 2.35. The molecule has 0 radical (unpaired) electrons. The SMILES string of the molecule is CC(C)(C)OC(=O)[C@H]1C[C@H]2CCC[C@@H]2N1. The minimum atomic E-state index is -0.365. The van der Waals surface area contributed by atoms with Crippen LogP contribution in [0.15, 0.2) is 0 Å². The molecule has 0 amide bonds. The van der Waals surface area contributed by atoms with Crippen LogP contribution in [0.3, 0.4) is 0 Å². The lowest BCUT2D eigenvalue weighted by Crippen LogP contribution is -2.39. The summed E-state index contributed by atoms with van der Waals surface area (Å²) in [6.45, 7) is 5.75. The average Bonchev–Trinajstić information content (AvgIpc) is 2.56. The molecule has 15 heavy (non-hydrogen) atoms. The second kappa shape index (κ2) is 3.78. The van der Waals surface area contributed by atoms with E-state index in [9.17, 15) is 4.79 Å². The first-order valence-electron chi connectivity index (χ1n) is 5.94. The number of hydrogen-bond acceptors (Lipinski definition) is 3. The van der Waals surface area contributed by atoms with E-state index < -0.39 is 0 Å². The first-order valence-corrected chi connectivity index (χ1v) is 5.94. The zero-order chi connectivity index (χ0) is 11.1. The summed E-state index contributed by atoms with van der Waals surface area (Å²) in [7, 11) is 0. The van der Waals surface area contributed by atoms with Gasteiger partial charge in [0.1, 0.15) is 11.6 Å². The molecular formula is C12H21NO2. The Morgan fingerprint density at radius 2 is 2.07 bits per heavy atom. The Morgan fingerprint density at radius 3 is 2.67 bits per heavy atom. The van der Waals surface area contributed by atoms with Crippen LogP contribution in [0.25, 0.3) is 0 Å². The summed E-state index contributed by atoms with van der Waals surface area (Å²) in [6, 6.07) is 0.516. The maximum absolute atomic E-state index is 11.8. The Kier molecular flexibility index (Phi) is 2.75. The number of carbonyl (C=O) groups excluding carboxylic acids is 1. The monoisotopic (exact) mass is 211 g/mol. The van der Waals surface area contributed by atoms with Gasteiger partial charge in [-0.1, -0.05) is 6.42 Å². The molecule has 1 aliphatic carbocycles.